The van der Waals surface area contributed by atoms with E-state index in [4.69, 9.17) is 0 Å². The second-order valence-electron chi connectivity index (χ2n) is 6.20. The van der Waals surface area contributed by atoms with Crippen molar-refractivity contribution in [3.8, 4) is 5.82 Å². The van der Waals surface area contributed by atoms with E-state index < -0.39 is 0 Å². The standard InChI is InChI=1S/C18H18N8OS/c1-11-12(2)26(10-23-11)17-8-16(21-9-22-17)19-5-6-20-18(27)13-3-4-14-15(7-13)25-28-24-14/h3-4,7-10H,5-6H2,1-2H3,(H,20,27)(H,19,21,22). The zero-order chi connectivity index (χ0) is 19.5. The van der Waals surface area contributed by atoms with E-state index >= 15 is 0 Å². The van der Waals surface area contributed by atoms with Gasteiger partial charge < -0.3 is 10.6 Å². The van der Waals surface area contributed by atoms with Crippen LogP contribution >= 0.6 is 11.7 Å². The van der Waals surface area contributed by atoms with Gasteiger partial charge in [0, 0.05) is 30.4 Å². The maximum atomic E-state index is 12.3. The molecule has 0 saturated carbocycles. The number of nitrogens with zero attached hydrogens (tertiary/aromatic N) is 6. The molecule has 0 fully saturated rings. The number of rotatable bonds is 6. The number of amides is 1. The molecule has 3 heterocycles. The fraction of sp³-hybridized carbons (Fsp3) is 0.222. The molecule has 0 spiro atoms. The van der Waals surface area contributed by atoms with Gasteiger partial charge in [-0.05, 0) is 32.0 Å². The van der Waals surface area contributed by atoms with Crippen LogP contribution in [0.4, 0.5) is 5.82 Å². The highest BCUT2D eigenvalue weighted by atomic mass is 32.1. The minimum atomic E-state index is -0.149. The third-order valence-corrected chi connectivity index (χ3v) is 4.94. The van der Waals surface area contributed by atoms with Crippen molar-refractivity contribution in [2.24, 2.45) is 0 Å². The molecule has 3 aromatic heterocycles. The average molecular weight is 394 g/mol. The minimum absolute atomic E-state index is 0.149. The molecule has 28 heavy (non-hydrogen) atoms. The molecule has 142 valence electrons. The maximum absolute atomic E-state index is 12.3. The number of benzene rings is 1. The first kappa shape index (κ1) is 18.0. The van der Waals surface area contributed by atoms with Crippen LogP contribution in [-0.2, 0) is 0 Å². The van der Waals surface area contributed by atoms with E-state index in [2.05, 4.69) is 34.3 Å². The predicted molar refractivity (Wildman–Crippen MR) is 107 cm³/mol. The monoisotopic (exact) mass is 394 g/mol. The Balaban J connectivity index is 1.33. The van der Waals surface area contributed by atoms with Gasteiger partial charge in [0.2, 0.25) is 0 Å². The summed E-state index contributed by atoms with van der Waals surface area (Å²) >= 11 is 1.13. The average Bonchev–Trinajstić information content (AvgIpc) is 3.31. The van der Waals surface area contributed by atoms with Crippen molar-refractivity contribution in [1.29, 1.82) is 0 Å². The van der Waals surface area contributed by atoms with Crippen LogP contribution in [0.3, 0.4) is 0 Å². The largest absolute Gasteiger partial charge is 0.368 e. The molecular weight excluding hydrogens is 376 g/mol. The molecule has 0 aliphatic rings. The molecular formula is C18H18N8OS. The minimum Gasteiger partial charge on any atom is -0.368 e. The second-order valence-corrected chi connectivity index (χ2v) is 6.73. The summed E-state index contributed by atoms with van der Waals surface area (Å²) in [5.74, 6) is 1.27. The van der Waals surface area contributed by atoms with Gasteiger partial charge in [-0.25, -0.2) is 15.0 Å². The molecule has 4 rings (SSSR count). The molecule has 0 radical (unpaired) electrons. The zero-order valence-electron chi connectivity index (χ0n) is 15.4. The molecule has 1 aromatic carbocycles. The summed E-state index contributed by atoms with van der Waals surface area (Å²) in [6.07, 6.45) is 3.24. The summed E-state index contributed by atoms with van der Waals surface area (Å²) in [6.45, 7) is 4.93. The van der Waals surface area contributed by atoms with Crippen molar-refractivity contribution in [2.45, 2.75) is 13.8 Å². The second kappa shape index (κ2) is 7.69. The fourth-order valence-electron chi connectivity index (χ4n) is 2.70. The van der Waals surface area contributed by atoms with Crippen LogP contribution in [0.15, 0.2) is 36.9 Å². The van der Waals surface area contributed by atoms with Crippen molar-refractivity contribution >= 4 is 34.5 Å². The number of hydrogen-bond donors (Lipinski definition) is 2. The number of aromatic nitrogens is 6. The van der Waals surface area contributed by atoms with E-state index in [9.17, 15) is 4.79 Å². The lowest BCUT2D eigenvalue weighted by molar-refractivity contribution is 0.0955. The molecule has 1 amide bonds. The highest BCUT2D eigenvalue weighted by molar-refractivity contribution is 7.00. The number of nitrogens with one attached hydrogen (secondary N) is 2. The van der Waals surface area contributed by atoms with E-state index in [1.807, 2.05) is 24.5 Å². The van der Waals surface area contributed by atoms with E-state index in [-0.39, 0.29) is 5.91 Å². The van der Waals surface area contributed by atoms with Gasteiger partial charge in [0.05, 0.1) is 17.4 Å². The number of carbonyl (C=O) groups is 1. The third kappa shape index (κ3) is 3.67. The summed E-state index contributed by atoms with van der Waals surface area (Å²) in [6, 6.07) is 7.14. The Hall–Kier alpha value is -3.40. The molecule has 0 aliphatic carbocycles. The maximum Gasteiger partial charge on any atom is 0.251 e. The molecule has 2 N–H and O–H groups in total. The highest BCUT2D eigenvalue weighted by Crippen LogP contribution is 2.14. The van der Waals surface area contributed by atoms with Gasteiger partial charge >= 0.3 is 0 Å². The Morgan fingerprint density at radius 1 is 1.07 bits per heavy atom. The number of hydrogen-bond acceptors (Lipinski definition) is 8. The van der Waals surface area contributed by atoms with E-state index in [0.29, 0.717) is 24.5 Å². The van der Waals surface area contributed by atoms with Crippen LogP contribution in [0.25, 0.3) is 16.9 Å². The SMILES string of the molecule is Cc1ncn(-c2cc(NCCNC(=O)c3ccc4nsnc4c3)ncn2)c1C. The van der Waals surface area contributed by atoms with Gasteiger partial charge in [-0.15, -0.1) is 0 Å². The normalized spacial score (nSPS) is 10.9. The molecule has 9 nitrogen and oxygen atoms in total. The molecule has 0 unspecified atom stereocenters. The van der Waals surface area contributed by atoms with E-state index in [1.54, 1.807) is 24.5 Å². The van der Waals surface area contributed by atoms with Gasteiger partial charge in [-0.3, -0.25) is 9.36 Å². The molecule has 0 aliphatic heterocycles. The van der Waals surface area contributed by atoms with Crippen LogP contribution < -0.4 is 10.6 Å². The van der Waals surface area contributed by atoms with E-state index in [1.165, 1.54) is 6.33 Å². The number of carbonyl (C=O) groups excluding carboxylic acids is 1. The highest BCUT2D eigenvalue weighted by Gasteiger charge is 2.09. The van der Waals surface area contributed by atoms with Crippen LogP contribution in [0, 0.1) is 13.8 Å². The van der Waals surface area contributed by atoms with Crippen molar-refractivity contribution < 1.29 is 4.79 Å². The first-order valence-electron chi connectivity index (χ1n) is 8.69. The van der Waals surface area contributed by atoms with Gasteiger partial charge in [0.15, 0.2) is 0 Å². The Bertz CT molecular complexity index is 1140. The molecule has 0 atom stereocenters. The smallest absolute Gasteiger partial charge is 0.251 e. The number of fused-ring (bicyclic) bond motifs is 1. The fourth-order valence-corrected chi connectivity index (χ4v) is 3.21. The lowest BCUT2D eigenvalue weighted by atomic mass is 10.2. The first-order valence-corrected chi connectivity index (χ1v) is 9.42. The molecule has 4 aromatic rings. The lowest BCUT2D eigenvalue weighted by Crippen LogP contribution is -2.28. The molecule has 10 heteroatoms. The van der Waals surface area contributed by atoms with Crippen molar-refractivity contribution in [3.05, 3.63) is 53.9 Å². The predicted octanol–water partition coefficient (Wildman–Crippen LogP) is 2.13. The number of imidazole rings is 1. The first-order chi connectivity index (χ1) is 13.6. The number of aryl methyl sites for hydroxylation is 1. The molecule has 0 saturated heterocycles. The van der Waals surface area contributed by atoms with Crippen molar-refractivity contribution in [3.63, 3.8) is 0 Å². The van der Waals surface area contributed by atoms with Crippen LogP contribution in [0.1, 0.15) is 21.7 Å². The van der Waals surface area contributed by atoms with Gasteiger partial charge in [0.1, 0.15) is 35.3 Å². The Labute approximate surface area is 165 Å². The Morgan fingerprint density at radius 2 is 1.93 bits per heavy atom. The van der Waals surface area contributed by atoms with Crippen LogP contribution in [-0.4, -0.2) is 47.3 Å². The quantitative estimate of drug-likeness (QED) is 0.482. The van der Waals surface area contributed by atoms with E-state index in [0.717, 1.165) is 40.0 Å². The lowest BCUT2D eigenvalue weighted by Gasteiger charge is -2.09. The summed E-state index contributed by atoms with van der Waals surface area (Å²) in [4.78, 5) is 25.1. The zero-order valence-corrected chi connectivity index (χ0v) is 16.2. The molecule has 0 bridgehead atoms. The van der Waals surface area contributed by atoms with Gasteiger partial charge in [0.25, 0.3) is 5.91 Å². The summed E-state index contributed by atoms with van der Waals surface area (Å²) in [7, 11) is 0. The van der Waals surface area contributed by atoms with Gasteiger partial charge in [-0.1, -0.05) is 0 Å². The van der Waals surface area contributed by atoms with Crippen LogP contribution in [0.5, 0.6) is 0 Å². The number of anilines is 1. The van der Waals surface area contributed by atoms with Crippen molar-refractivity contribution in [2.75, 3.05) is 18.4 Å². The Kier molecular flexibility index (Phi) is 4.94. The van der Waals surface area contributed by atoms with Crippen LogP contribution in [0.2, 0.25) is 0 Å². The Morgan fingerprint density at radius 3 is 2.75 bits per heavy atom. The van der Waals surface area contributed by atoms with Gasteiger partial charge in [-0.2, -0.15) is 8.75 Å². The summed E-state index contributed by atoms with van der Waals surface area (Å²) in [5.41, 5.74) is 4.09. The van der Waals surface area contributed by atoms with Crippen molar-refractivity contribution in [1.82, 2.24) is 33.6 Å². The summed E-state index contributed by atoms with van der Waals surface area (Å²) in [5, 5.41) is 6.07. The summed E-state index contributed by atoms with van der Waals surface area (Å²) < 4.78 is 10.2. The third-order valence-electron chi connectivity index (χ3n) is 4.38. The topological polar surface area (TPSA) is 111 Å².